The van der Waals surface area contributed by atoms with Crippen LogP contribution >= 0.6 is 0 Å². The maximum absolute atomic E-state index is 11.2. The summed E-state index contributed by atoms with van der Waals surface area (Å²) in [7, 11) is 0. The summed E-state index contributed by atoms with van der Waals surface area (Å²) >= 11 is 0. The fourth-order valence-electron chi connectivity index (χ4n) is 1.94. The van der Waals surface area contributed by atoms with Crippen LogP contribution < -0.4 is 5.73 Å². The molecule has 3 aromatic rings. The number of hydrogen-bond acceptors (Lipinski definition) is 3. The molecule has 3 rings (SSSR count). The minimum absolute atomic E-state index is 0.116. The molecule has 1 aromatic heterocycles. The van der Waals surface area contributed by atoms with E-state index < -0.39 is 11.9 Å². The number of rotatable bonds is 3. The van der Waals surface area contributed by atoms with Crippen molar-refractivity contribution in [2.24, 2.45) is 5.73 Å². The Kier molecular flexibility index (Phi) is 5.25. The van der Waals surface area contributed by atoms with Crippen molar-refractivity contribution in [3.05, 3.63) is 78.1 Å². The van der Waals surface area contributed by atoms with Crippen molar-refractivity contribution >= 4 is 11.9 Å². The highest BCUT2D eigenvalue weighted by Gasteiger charge is 2.07. The lowest BCUT2D eigenvalue weighted by molar-refractivity contribution is 0.0690. The molecule has 2 aromatic carbocycles. The van der Waals surface area contributed by atoms with Crippen LogP contribution in [-0.4, -0.2) is 27.2 Å². The fourth-order valence-corrected chi connectivity index (χ4v) is 1.94. The first-order valence-electron chi connectivity index (χ1n) is 6.76. The highest BCUT2D eigenvalue weighted by atomic mass is 16.4. The number of primary amides is 1. The van der Waals surface area contributed by atoms with E-state index in [2.05, 4.69) is 10.2 Å². The summed E-state index contributed by atoms with van der Waals surface area (Å²) in [5, 5.41) is 13.9. The zero-order chi connectivity index (χ0) is 16.7. The van der Waals surface area contributed by atoms with Crippen molar-refractivity contribution in [3.63, 3.8) is 0 Å². The molecular formula is C17H15N3O3. The Morgan fingerprint density at radius 3 is 2.13 bits per heavy atom. The van der Waals surface area contributed by atoms with Gasteiger partial charge in [-0.15, -0.1) is 0 Å². The molecule has 1 heterocycles. The molecule has 0 fully saturated rings. The van der Waals surface area contributed by atoms with Gasteiger partial charge in [-0.2, -0.15) is 5.10 Å². The van der Waals surface area contributed by atoms with E-state index in [-0.39, 0.29) is 5.69 Å². The van der Waals surface area contributed by atoms with Crippen molar-refractivity contribution in [2.75, 3.05) is 0 Å². The van der Waals surface area contributed by atoms with Crippen LogP contribution in [0.25, 0.3) is 11.1 Å². The van der Waals surface area contributed by atoms with Gasteiger partial charge in [0.2, 0.25) is 5.91 Å². The Hall–Kier alpha value is -3.41. The van der Waals surface area contributed by atoms with Crippen molar-refractivity contribution < 1.29 is 14.7 Å². The van der Waals surface area contributed by atoms with Gasteiger partial charge >= 0.3 is 5.97 Å². The first kappa shape index (κ1) is 16.0. The predicted molar refractivity (Wildman–Crippen MR) is 85.9 cm³/mol. The molecule has 0 saturated carbocycles. The number of nitrogens with zero attached hydrogens (tertiary/aromatic N) is 1. The third-order valence-electron chi connectivity index (χ3n) is 3.01. The largest absolute Gasteiger partial charge is 0.477 e. The maximum Gasteiger partial charge on any atom is 0.353 e. The summed E-state index contributed by atoms with van der Waals surface area (Å²) in [6, 6.07) is 18.5. The Balaban J connectivity index is 0.000000203. The van der Waals surface area contributed by atoms with Gasteiger partial charge in [-0.05, 0) is 23.3 Å². The van der Waals surface area contributed by atoms with Gasteiger partial charge in [-0.3, -0.25) is 9.89 Å². The third-order valence-corrected chi connectivity index (χ3v) is 3.01. The molecule has 0 spiro atoms. The Morgan fingerprint density at radius 1 is 0.957 bits per heavy atom. The summed E-state index contributed by atoms with van der Waals surface area (Å²) in [5.74, 6) is -1.38. The number of carbonyl (C=O) groups excluding carboxylic acids is 1. The Bertz CT molecular complexity index is 784. The number of hydrogen-bond donors (Lipinski definition) is 3. The molecule has 6 heteroatoms. The topological polar surface area (TPSA) is 109 Å². The number of nitrogens with two attached hydrogens (primary N) is 1. The predicted octanol–water partition coefficient (Wildman–Crippen LogP) is 2.56. The average molecular weight is 309 g/mol. The molecule has 6 nitrogen and oxygen atoms in total. The maximum atomic E-state index is 11.2. The molecule has 0 saturated heterocycles. The van der Waals surface area contributed by atoms with Gasteiger partial charge in [0, 0.05) is 11.8 Å². The number of aromatic nitrogens is 2. The summed E-state index contributed by atoms with van der Waals surface area (Å²) in [4.78, 5) is 21.2. The van der Waals surface area contributed by atoms with Gasteiger partial charge < -0.3 is 10.8 Å². The van der Waals surface area contributed by atoms with Crippen molar-refractivity contribution in [3.8, 4) is 11.1 Å². The number of nitrogens with one attached hydrogen (secondary N) is 1. The zero-order valence-electron chi connectivity index (χ0n) is 12.1. The molecular weight excluding hydrogens is 294 g/mol. The van der Waals surface area contributed by atoms with Crippen LogP contribution in [0.3, 0.4) is 0 Å². The molecule has 0 unspecified atom stereocenters. The first-order valence-corrected chi connectivity index (χ1v) is 6.76. The Labute approximate surface area is 132 Å². The lowest BCUT2D eigenvalue weighted by atomic mass is 9.99. The number of aromatic amines is 1. The van der Waals surface area contributed by atoms with Crippen LogP contribution in [0.5, 0.6) is 0 Å². The molecule has 0 aliphatic rings. The van der Waals surface area contributed by atoms with Crippen LogP contribution in [0.4, 0.5) is 0 Å². The second-order valence-electron chi connectivity index (χ2n) is 4.55. The van der Waals surface area contributed by atoms with Crippen molar-refractivity contribution in [2.45, 2.75) is 0 Å². The van der Waals surface area contributed by atoms with Gasteiger partial charge in [-0.1, -0.05) is 48.5 Å². The second kappa shape index (κ2) is 7.56. The SMILES string of the molecule is NC(=O)c1ccccc1-c1ccccc1.O=C(O)c1ccn[nH]1. The van der Waals surface area contributed by atoms with Gasteiger partial charge in [0.05, 0.1) is 0 Å². The van der Waals surface area contributed by atoms with E-state index in [9.17, 15) is 9.59 Å². The molecule has 0 bridgehead atoms. The minimum atomic E-state index is -0.984. The van der Waals surface area contributed by atoms with E-state index in [0.29, 0.717) is 5.56 Å². The number of amides is 1. The van der Waals surface area contributed by atoms with E-state index in [1.807, 2.05) is 48.5 Å². The molecule has 0 radical (unpaired) electrons. The molecule has 0 aliphatic carbocycles. The molecule has 23 heavy (non-hydrogen) atoms. The van der Waals surface area contributed by atoms with Crippen LogP contribution in [0, 0.1) is 0 Å². The molecule has 4 N–H and O–H groups in total. The Morgan fingerprint density at radius 2 is 1.61 bits per heavy atom. The molecule has 0 atom stereocenters. The van der Waals surface area contributed by atoms with Crippen molar-refractivity contribution in [1.29, 1.82) is 0 Å². The number of carboxylic acid groups (broad SMARTS) is 1. The highest BCUT2D eigenvalue weighted by Crippen LogP contribution is 2.22. The number of carbonyl (C=O) groups is 2. The standard InChI is InChI=1S/C13H11NO.C4H4N2O2/c14-13(15)12-9-5-4-8-11(12)10-6-2-1-3-7-10;7-4(8)3-1-2-5-6-3/h1-9H,(H2,14,15);1-2H,(H,5,6)(H,7,8). The van der Waals surface area contributed by atoms with Gasteiger partial charge in [0.25, 0.3) is 0 Å². The van der Waals surface area contributed by atoms with Gasteiger partial charge in [0.15, 0.2) is 0 Å². The summed E-state index contributed by atoms with van der Waals surface area (Å²) in [6.45, 7) is 0. The first-order chi connectivity index (χ1) is 11.1. The fraction of sp³-hybridized carbons (Fsp3) is 0. The van der Waals surface area contributed by atoms with E-state index in [0.717, 1.165) is 11.1 Å². The summed E-state index contributed by atoms with van der Waals surface area (Å²) in [5.41, 5.74) is 7.87. The minimum Gasteiger partial charge on any atom is -0.477 e. The van der Waals surface area contributed by atoms with Crippen LogP contribution in [0.15, 0.2) is 66.9 Å². The summed E-state index contributed by atoms with van der Waals surface area (Å²) in [6.07, 6.45) is 1.39. The van der Waals surface area contributed by atoms with Gasteiger partial charge in [0.1, 0.15) is 5.69 Å². The van der Waals surface area contributed by atoms with E-state index in [1.165, 1.54) is 12.3 Å². The smallest absolute Gasteiger partial charge is 0.353 e. The number of benzene rings is 2. The second-order valence-corrected chi connectivity index (χ2v) is 4.55. The van der Waals surface area contributed by atoms with E-state index >= 15 is 0 Å². The van der Waals surface area contributed by atoms with E-state index in [1.54, 1.807) is 6.07 Å². The number of carboxylic acids is 1. The van der Waals surface area contributed by atoms with Crippen LogP contribution in [-0.2, 0) is 0 Å². The average Bonchev–Trinajstić information content (AvgIpc) is 3.11. The molecule has 1 amide bonds. The third kappa shape index (κ3) is 4.28. The molecule has 0 aliphatic heterocycles. The molecule has 116 valence electrons. The van der Waals surface area contributed by atoms with Crippen molar-refractivity contribution in [1.82, 2.24) is 10.2 Å². The van der Waals surface area contributed by atoms with Crippen LogP contribution in [0.2, 0.25) is 0 Å². The lowest BCUT2D eigenvalue weighted by Gasteiger charge is -2.05. The summed E-state index contributed by atoms with van der Waals surface area (Å²) < 4.78 is 0. The van der Waals surface area contributed by atoms with Gasteiger partial charge in [-0.25, -0.2) is 4.79 Å². The monoisotopic (exact) mass is 309 g/mol. The highest BCUT2D eigenvalue weighted by molar-refractivity contribution is 5.99. The number of aromatic carboxylic acids is 1. The normalized spacial score (nSPS) is 9.57. The zero-order valence-corrected chi connectivity index (χ0v) is 12.1. The quantitative estimate of drug-likeness (QED) is 0.690. The van der Waals surface area contributed by atoms with Crippen LogP contribution in [0.1, 0.15) is 20.8 Å². The number of H-pyrrole nitrogens is 1. The van der Waals surface area contributed by atoms with E-state index in [4.69, 9.17) is 10.8 Å². The lowest BCUT2D eigenvalue weighted by Crippen LogP contribution is -2.12.